The molecule has 0 aliphatic heterocycles. The number of hydrogen-bond donors (Lipinski definition) is 1. The number of carbonyl (C=O) groups excluding carboxylic acids is 3. The highest BCUT2D eigenvalue weighted by Crippen LogP contribution is 2.39. The van der Waals surface area contributed by atoms with E-state index in [0.717, 1.165) is 11.3 Å². The Kier molecular flexibility index (Phi) is 6.69. The molecule has 0 spiro atoms. The number of furan rings is 1. The summed E-state index contributed by atoms with van der Waals surface area (Å²) < 4.78 is 14.9. The number of esters is 2. The number of ether oxygens (including phenoxy) is 2. The van der Waals surface area contributed by atoms with Gasteiger partial charge < -0.3 is 19.2 Å². The van der Waals surface area contributed by atoms with Gasteiger partial charge in [-0.3, -0.25) is 4.79 Å². The van der Waals surface area contributed by atoms with Crippen LogP contribution in [0.4, 0.5) is 5.00 Å². The smallest absolute Gasteiger partial charge is 0.341 e. The molecule has 150 valence electrons. The highest BCUT2D eigenvalue weighted by Gasteiger charge is 2.24. The Hall–Kier alpha value is -3.10. The van der Waals surface area contributed by atoms with Gasteiger partial charge in [0.15, 0.2) is 6.61 Å². The van der Waals surface area contributed by atoms with Crippen LogP contribution in [0.3, 0.4) is 0 Å². The van der Waals surface area contributed by atoms with Gasteiger partial charge in [-0.05, 0) is 19.1 Å². The number of thiophene rings is 1. The number of halogens is 1. The fourth-order valence-corrected chi connectivity index (χ4v) is 3.69. The Bertz CT molecular complexity index is 1030. The molecule has 0 unspecified atom stereocenters. The van der Waals surface area contributed by atoms with E-state index < -0.39 is 24.5 Å². The average molecular weight is 434 g/mol. The first kappa shape index (κ1) is 20.6. The quantitative estimate of drug-likeness (QED) is 0.545. The van der Waals surface area contributed by atoms with Gasteiger partial charge in [-0.25, -0.2) is 9.59 Å². The van der Waals surface area contributed by atoms with Crippen LogP contribution in [0, 0.1) is 0 Å². The fraction of sp³-hybridized carbons (Fsp3) is 0.150. The van der Waals surface area contributed by atoms with Crippen molar-refractivity contribution in [1.29, 1.82) is 0 Å². The van der Waals surface area contributed by atoms with Crippen molar-refractivity contribution in [2.24, 2.45) is 0 Å². The maximum absolute atomic E-state index is 12.5. The predicted molar refractivity (Wildman–Crippen MR) is 108 cm³/mol. The Balaban J connectivity index is 1.79. The molecule has 2 heterocycles. The third-order valence-electron chi connectivity index (χ3n) is 3.78. The van der Waals surface area contributed by atoms with Crippen LogP contribution in [0.5, 0.6) is 0 Å². The van der Waals surface area contributed by atoms with Gasteiger partial charge in [0.05, 0.1) is 18.4 Å². The third kappa shape index (κ3) is 4.85. The largest absolute Gasteiger partial charge is 0.472 e. The minimum absolute atomic E-state index is 0.173. The van der Waals surface area contributed by atoms with Gasteiger partial charge in [0, 0.05) is 21.5 Å². The summed E-state index contributed by atoms with van der Waals surface area (Å²) in [5, 5.41) is 5.05. The molecule has 1 amide bonds. The SMILES string of the molecule is CCOC(=O)c1c(-c2ccccc2Cl)csc1NC(=O)COC(=O)c1ccoc1. The zero-order valence-corrected chi connectivity index (χ0v) is 16.8. The minimum atomic E-state index is -0.692. The summed E-state index contributed by atoms with van der Waals surface area (Å²) in [5.41, 5.74) is 1.58. The number of carbonyl (C=O) groups is 3. The van der Waals surface area contributed by atoms with Crippen molar-refractivity contribution in [3.8, 4) is 11.1 Å². The van der Waals surface area contributed by atoms with Crippen molar-refractivity contribution in [3.05, 3.63) is 64.4 Å². The monoisotopic (exact) mass is 433 g/mol. The molecule has 3 aromatic rings. The van der Waals surface area contributed by atoms with Gasteiger partial charge in [-0.1, -0.05) is 29.8 Å². The standard InChI is InChI=1S/C20H16ClNO6S/c1-2-27-20(25)17-14(13-5-3-4-6-15(13)21)11-29-18(17)22-16(23)10-28-19(24)12-7-8-26-9-12/h3-9,11H,2,10H2,1H3,(H,22,23). The molecule has 0 saturated carbocycles. The molecule has 1 aromatic carbocycles. The van der Waals surface area contributed by atoms with Crippen LogP contribution < -0.4 is 5.32 Å². The first-order valence-corrected chi connectivity index (χ1v) is 9.79. The van der Waals surface area contributed by atoms with Crippen molar-refractivity contribution < 1.29 is 28.3 Å². The molecule has 29 heavy (non-hydrogen) atoms. The third-order valence-corrected chi connectivity index (χ3v) is 5.00. The maximum atomic E-state index is 12.5. The summed E-state index contributed by atoms with van der Waals surface area (Å²) in [7, 11) is 0. The minimum Gasteiger partial charge on any atom is -0.472 e. The molecule has 0 radical (unpaired) electrons. The van der Waals surface area contributed by atoms with E-state index in [1.807, 2.05) is 0 Å². The molecule has 2 aromatic heterocycles. The summed E-state index contributed by atoms with van der Waals surface area (Å²) in [6, 6.07) is 8.47. The molecule has 0 bridgehead atoms. The first-order chi connectivity index (χ1) is 14.0. The van der Waals surface area contributed by atoms with Crippen molar-refractivity contribution in [3.63, 3.8) is 0 Å². The van der Waals surface area contributed by atoms with E-state index in [-0.39, 0.29) is 22.7 Å². The van der Waals surface area contributed by atoms with Crippen molar-refractivity contribution >= 4 is 45.8 Å². The second-order valence-corrected chi connectivity index (χ2v) is 6.98. The Morgan fingerprint density at radius 1 is 1.10 bits per heavy atom. The van der Waals surface area contributed by atoms with E-state index in [1.54, 1.807) is 36.6 Å². The number of anilines is 1. The molecular formula is C20H16ClNO6S. The molecule has 0 atom stereocenters. The van der Waals surface area contributed by atoms with Crippen LogP contribution in [0.2, 0.25) is 5.02 Å². The van der Waals surface area contributed by atoms with E-state index in [0.29, 0.717) is 16.1 Å². The summed E-state index contributed by atoms with van der Waals surface area (Å²) in [4.78, 5) is 36.6. The second kappa shape index (κ2) is 9.40. The van der Waals surface area contributed by atoms with Gasteiger partial charge in [-0.2, -0.15) is 0 Å². The van der Waals surface area contributed by atoms with E-state index in [1.165, 1.54) is 18.6 Å². The number of hydrogen-bond acceptors (Lipinski definition) is 7. The molecule has 0 saturated heterocycles. The van der Waals surface area contributed by atoms with E-state index in [9.17, 15) is 14.4 Å². The van der Waals surface area contributed by atoms with E-state index in [4.69, 9.17) is 25.5 Å². The number of nitrogens with one attached hydrogen (secondary N) is 1. The Morgan fingerprint density at radius 2 is 1.90 bits per heavy atom. The summed E-state index contributed by atoms with van der Waals surface area (Å²) in [6.07, 6.45) is 2.54. The lowest BCUT2D eigenvalue weighted by molar-refractivity contribution is -0.119. The molecule has 3 rings (SSSR count). The molecule has 0 aliphatic rings. The molecule has 7 nitrogen and oxygen atoms in total. The van der Waals surface area contributed by atoms with Crippen molar-refractivity contribution in [2.75, 3.05) is 18.5 Å². The lowest BCUT2D eigenvalue weighted by atomic mass is 10.0. The van der Waals surface area contributed by atoms with Crippen LogP contribution in [0.1, 0.15) is 27.6 Å². The van der Waals surface area contributed by atoms with Gasteiger partial charge in [0.1, 0.15) is 16.8 Å². The Morgan fingerprint density at radius 3 is 2.59 bits per heavy atom. The zero-order chi connectivity index (χ0) is 20.8. The van der Waals surface area contributed by atoms with Gasteiger partial charge in [0.2, 0.25) is 0 Å². The van der Waals surface area contributed by atoms with E-state index >= 15 is 0 Å². The molecule has 9 heteroatoms. The molecule has 1 N–H and O–H groups in total. The molecule has 0 fully saturated rings. The van der Waals surface area contributed by atoms with Crippen LogP contribution >= 0.6 is 22.9 Å². The highest BCUT2D eigenvalue weighted by atomic mass is 35.5. The highest BCUT2D eigenvalue weighted by molar-refractivity contribution is 7.15. The van der Waals surface area contributed by atoms with Crippen molar-refractivity contribution in [2.45, 2.75) is 6.92 Å². The van der Waals surface area contributed by atoms with Crippen LogP contribution in [-0.4, -0.2) is 31.1 Å². The summed E-state index contributed by atoms with van der Waals surface area (Å²) in [6.45, 7) is 1.34. The van der Waals surface area contributed by atoms with Gasteiger partial charge in [-0.15, -0.1) is 11.3 Å². The van der Waals surface area contributed by atoms with Crippen LogP contribution in [0.15, 0.2) is 52.7 Å². The van der Waals surface area contributed by atoms with Crippen molar-refractivity contribution in [1.82, 2.24) is 0 Å². The maximum Gasteiger partial charge on any atom is 0.341 e. The van der Waals surface area contributed by atoms with Crippen LogP contribution in [0.25, 0.3) is 11.1 Å². The van der Waals surface area contributed by atoms with E-state index in [2.05, 4.69) is 5.32 Å². The fourth-order valence-electron chi connectivity index (χ4n) is 2.49. The second-order valence-electron chi connectivity index (χ2n) is 5.69. The zero-order valence-electron chi connectivity index (χ0n) is 15.3. The first-order valence-electron chi connectivity index (χ1n) is 8.54. The number of amides is 1. The van der Waals surface area contributed by atoms with Gasteiger partial charge in [0.25, 0.3) is 5.91 Å². The topological polar surface area (TPSA) is 94.8 Å². The molecular weight excluding hydrogens is 418 g/mol. The lowest BCUT2D eigenvalue weighted by Gasteiger charge is -2.10. The summed E-state index contributed by atoms with van der Waals surface area (Å²) in [5.74, 6) is -1.88. The number of rotatable bonds is 7. The normalized spacial score (nSPS) is 10.4. The average Bonchev–Trinajstić information content (AvgIpc) is 3.37. The lowest BCUT2D eigenvalue weighted by Crippen LogP contribution is -2.21. The number of benzene rings is 1. The Labute approximate surface area is 175 Å². The summed E-state index contributed by atoms with van der Waals surface area (Å²) >= 11 is 7.41. The van der Waals surface area contributed by atoms with Crippen LogP contribution in [-0.2, 0) is 14.3 Å². The molecule has 0 aliphatic carbocycles. The van der Waals surface area contributed by atoms with Gasteiger partial charge >= 0.3 is 11.9 Å². The predicted octanol–water partition coefficient (Wildman–Crippen LogP) is 4.63.